The maximum atomic E-state index is 11.8. The minimum atomic E-state index is -3.51. The molecule has 19 heavy (non-hydrogen) atoms. The van der Waals surface area contributed by atoms with Crippen LogP contribution in [0.15, 0.2) is 59.5 Å². The van der Waals surface area contributed by atoms with Crippen LogP contribution in [0.2, 0.25) is 0 Å². The van der Waals surface area contributed by atoms with E-state index < -0.39 is 10.0 Å². The van der Waals surface area contributed by atoms with Gasteiger partial charge in [0.05, 0.1) is 11.4 Å². The zero-order valence-electron chi connectivity index (χ0n) is 10.2. The van der Waals surface area contributed by atoms with Crippen LogP contribution in [0.4, 0.5) is 0 Å². The SMILES string of the molecule is C#CCNS(=O)(=O)c1ccc(-c2ccccc2)cc1. The third-order valence-corrected chi connectivity index (χ3v) is 4.05. The largest absolute Gasteiger partial charge is 0.241 e. The molecule has 0 saturated carbocycles. The summed E-state index contributed by atoms with van der Waals surface area (Å²) >= 11 is 0. The van der Waals surface area contributed by atoms with Gasteiger partial charge in [0.15, 0.2) is 0 Å². The zero-order chi connectivity index (χ0) is 13.7. The molecule has 2 aromatic rings. The van der Waals surface area contributed by atoms with Gasteiger partial charge >= 0.3 is 0 Å². The smallest absolute Gasteiger partial charge is 0.207 e. The van der Waals surface area contributed by atoms with E-state index in [0.29, 0.717) is 0 Å². The lowest BCUT2D eigenvalue weighted by atomic mass is 10.1. The summed E-state index contributed by atoms with van der Waals surface area (Å²) in [5.74, 6) is 2.24. The first-order valence-corrected chi connectivity index (χ1v) is 7.20. The Labute approximate surface area is 113 Å². The summed E-state index contributed by atoms with van der Waals surface area (Å²) in [6, 6.07) is 16.5. The van der Waals surface area contributed by atoms with Gasteiger partial charge < -0.3 is 0 Å². The molecule has 2 rings (SSSR count). The van der Waals surface area contributed by atoms with Crippen molar-refractivity contribution in [2.45, 2.75) is 4.90 Å². The van der Waals surface area contributed by atoms with Gasteiger partial charge in [-0.3, -0.25) is 0 Å². The van der Waals surface area contributed by atoms with E-state index in [1.165, 1.54) is 0 Å². The second-order valence-corrected chi connectivity index (χ2v) is 5.69. The molecule has 0 amide bonds. The van der Waals surface area contributed by atoms with Crippen LogP contribution in [0.25, 0.3) is 11.1 Å². The number of rotatable bonds is 4. The molecule has 0 aliphatic carbocycles. The number of benzene rings is 2. The topological polar surface area (TPSA) is 46.2 Å². The van der Waals surface area contributed by atoms with E-state index in [4.69, 9.17) is 6.42 Å². The number of sulfonamides is 1. The Balaban J connectivity index is 2.27. The number of terminal acetylenes is 1. The first kappa shape index (κ1) is 13.3. The van der Waals surface area contributed by atoms with Crippen molar-refractivity contribution in [2.75, 3.05) is 6.54 Å². The first-order chi connectivity index (χ1) is 9.13. The van der Waals surface area contributed by atoms with Crippen LogP contribution in [0.5, 0.6) is 0 Å². The predicted octanol–water partition coefficient (Wildman–Crippen LogP) is 2.27. The zero-order valence-corrected chi connectivity index (χ0v) is 11.0. The van der Waals surface area contributed by atoms with Crippen molar-refractivity contribution in [1.29, 1.82) is 0 Å². The molecule has 0 aromatic heterocycles. The second kappa shape index (κ2) is 5.70. The fraction of sp³-hybridized carbons (Fsp3) is 0.0667. The lowest BCUT2D eigenvalue weighted by Crippen LogP contribution is -2.23. The van der Waals surface area contributed by atoms with E-state index in [1.54, 1.807) is 24.3 Å². The monoisotopic (exact) mass is 271 g/mol. The molecule has 0 bridgehead atoms. The van der Waals surface area contributed by atoms with Crippen LogP contribution in [0.3, 0.4) is 0 Å². The lowest BCUT2D eigenvalue weighted by molar-refractivity contribution is 0.586. The fourth-order valence-electron chi connectivity index (χ4n) is 1.68. The third kappa shape index (κ3) is 3.22. The minimum absolute atomic E-state index is 0.0111. The van der Waals surface area contributed by atoms with Gasteiger partial charge in [-0.25, -0.2) is 8.42 Å². The van der Waals surface area contributed by atoms with E-state index >= 15 is 0 Å². The standard InChI is InChI=1S/C15H13NO2S/c1-2-12-16-19(17,18)15-10-8-14(9-11-15)13-6-4-3-5-7-13/h1,3-11,16H,12H2. The highest BCUT2D eigenvalue weighted by molar-refractivity contribution is 7.89. The average molecular weight is 271 g/mol. The fourth-order valence-corrected chi connectivity index (χ4v) is 2.61. The van der Waals surface area contributed by atoms with Crippen molar-refractivity contribution in [3.63, 3.8) is 0 Å². The van der Waals surface area contributed by atoms with Crippen LogP contribution in [-0.2, 0) is 10.0 Å². The van der Waals surface area contributed by atoms with Crippen molar-refractivity contribution >= 4 is 10.0 Å². The summed E-state index contributed by atoms with van der Waals surface area (Å²) in [6.07, 6.45) is 5.04. The van der Waals surface area contributed by atoms with Crippen molar-refractivity contribution < 1.29 is 8.42 Å². The van der Waals surface area contributed by atoms with Crippen LogP contribution < -0.4 is 4.72 Å². The molecule has 0 unspecified atom stereocenters. The Morgan fingerprint density at radius 3 is 2.11 bits per heavy atom. The van der Waals surface area contributed by atoms with Gasteiger partial charge in [-0.1, -0.05) is 48.4 Å². The van der Waals surface area contributed by atoms with Gasteiger partial charge in [-0.15, -0.1) is 6.42 Å². The van der Waals surface area contributed by atoms with Crippen LogP contribution >= 0.6 is 0 Å². The van der Waals surface area contributed by atoms with Gasteiger partial charge in [-0.2, -0.15) is 4.72 Å². The molecule has 96 valence electrons. The third-order valence-electron chi connectivity index (χ3n) is 2.64. The van der Waals surface area contributed by atoms with E-state index in [9.17, 15) is 8.42 Å². The molecule has 0 spiro atoms. The predicted molar refractivity (Wildman–Crippen MR) is 75.9 cm³/mol. The van der Waals surface area contributed by atoms with Crippen LogP contribution in [0.1, 0.15) is 0 Å². The van der Waals surface area contributed by atoms with Crippen molar-refractivity contribution in [3.8, 4) is 23.5 Å². The van der Waals surface area contributed by atoms with Gasteiger partial charge in [0, 0.05) is 0 Å². The van der Waals surface area contributed by atoms with Gasteiger partial charge in [0.2, 0.25) is 10.0 Å². The summed E-state index contributed by atoms with van der Waals surface area (Å²) in [5, 5.41) is 0. The maximum Gasteiger partial charge on any atom is 0.241 e. The molecule has 0 atom stereocenters. The molecule has 1 N–H and O–H groups in total. The van der Waals surface area contributed by atoms with Crippen molar-refractivity contribution in [2.24, 2.45) is 0 Å². The van der Waals surface area contributed by atoms with E-state index in [2.05, 4.69) is 10.6 Å². The Hall–Kier alpha value is -2.09. The highest BCUT2D eigenvalue weighted by atomic mass is 32.2. The molecular weight excluding hydrogens is 258 g/mol. The minimum Gasteiger partial charge on any atom is -0.207 e. The van der Waals surface area contributed by atoms with Crippen LogP contribution in [0, 0.1) is 12.3 Å². The number of nitrogens with one attached hydrogen (secondary N) is 1. The Kier molecular flexibility index (Phi) is 4.00. The van der Waals surface area contributed by atoms with Gasteiger partial charge in [0.1, 0.15) is 0 Å². The van der Waals surface area contributed by atoms with Crippen molar-refractivity contribution in [1.82, 2.24) is 4.72 Å². The molecule has 0 aliphatic heterocycles. The molecule has 0 heterocycles. The maximum absolute atomic E-state index is 11.8. The first-order valence-electron chi connectivity index (χ1n) is 5.72. The second-order valence-electron chi connectivity index (χ2n) is 3.92. The summed E-state index contributed by atoms with van der Waals surface area (Å²) < 4.78 is 26.0. The van der Waals surface area contributed by atoms with Gasteiger partial charge in [-0.05, 0) is 23.3 Å². The van der Waals surface area contributed by atoms with Crippen molar-refractivity contribution in [3.05, 3.63) is 54.6 Å². The van der Waals surface area contributed by atoms with Gasteiger partial charge in [0.25, 0.3) is 0 Å². The van der Waals surface area contributed by atoms with E-state index in [-0.39, 0.29) is 11.4 Å². The lowest BCUT2D eigenvalue weighted by Gasteiger charge is -2.06. The molecule has 2 aromatic carbocycles. The highest BCUT2D eigenvalue weighted by Gasteiger charge is 2.12. The average Bonchev–Trinajstić information content (AvgIpc) is 2.46. The Bertz CT molecular complexity index is 683. The molecule has 0 radical (unpaired) electrons. The summed E-state index contributed by atoms with van der Waals surface area (Å²) in [7, 11) is -3.51. The Morgan fingerprint density at radius 2 is 1.53 bits per heavy atom. The summed E-state index contributed by atoms with van der Waals surface area (Å²) in [4.78, 5) is 0.211. The molecule has 0 aliphatic rings. The molecular formula is C15H13NO2S. The summed E-state index contributed by atoms with van der Waals surface area (Å²) in [6.45, 7) is -0.0111. The molecule has 0 saturated heterocycles. The Morgan fingerprint density at radius 1 is 0.947 bits per heavy atom. The van der Waals surface area contributed by atoms with Crippen LogP contribution in [-0.4, -0.2) is 15.0 Å². The highest BCUT2D eigenvalue weighted by Crippen LogP contribution is 2.20. The molecule has 0 fully saturated rings. The van der Waals surface area contributed by atoms with E-state index in [0.717, 1.165) is 11.1 Å². The normalized spacial score (nSPS) is 10.9. The quantitative estimate of drug-likeness (QED) is 0.867. The number of hydrogen-bond acceptors (Lipinski definition) is 2. The number of hydrogen-bond donors (Lipinski definition) is 1. The van der Waals surface area contributed by atoms with E-state index in [1.807, 2.05) is 30.3 Å². The summed E-state index contributed by atoms with van der Waals surface area (Å²) in [5.41, 5.74) is 2.01. The molecule has 3 nitrogen and oxygen atoms in total. The molecule has 4 heteroatoms.